The fourth-order valence-electron chi connectivity index (χ4n) is 5.71. The van der Waals surface area contributed by atoms with Gasteiger partial charge in [-0.1, -0.05) is 0 Å². The molecule has 2 atom stereocenters. The van der Waals surface area contributed by atoms with Gasteiger partial charge in [-0.2, -0.15) is 13.2 Å². The van der Waals surface area contributed by atoms with Gasteiger partial charge in [0.15, 0.2) is 5.44 Å². The molecule has 0 aliphatic heterocycles. The Hall–Kier alpha value is -0.550. The normalized spacial score (nSPS) is 35.2. The summed E-state index contributed by atoms with van der Waals surface area (Å²) in [6.45, 7) is -6.33. The first-order valence-electron chi connectivity index (χ1n) is 9.30. The van der Waals surface area contributed by atoms with Crippen LogP contribution in [0.1, 0.15) is 32.1 Å². The molecule has 0 spiro atoms. The fourth-order valence-corrected chi connectivity index (χ4v) is 6.75. The molecule has 4 rings (SSSR count). The zero-order valence-corrected chi connectivity index (χ0v) is 15.8. The molecular weight excluding hydrogens is 414 g/mol. The predicted octanol–water partition coefficient (Wildman–Crippen LogP) is 3.77. The lowest BCUT2D eigenvalue weighted by atomic mass is 9.55. The molecule has 0 amide bonds. The maximum Gasteiger partial charge on any atom is 0.396 e. The summed E-state index contributed by atoms with van der Waals surface area (Å²) in [5, 5.41) is 0. The average molecular weight is 437 g/mol. The summed E-state index contributed by atoms with van der Waals surface area (Å²) in [7, 11) is -5.79. The van der Waals surface area contributed by atoms with Gasteiger partial charge in [0.25, 0.3) is 0 Å². The minimum absolute atomic E-state index is 0.204. The second kappa shape index (κ2) is 7.61. The highest BCUT2D eigenvalue weighted by Gasteiger charge is 2.61. The number of halogens is 6. The monoisotopic (exact) mass is 437 g/mol. The van der Waals surface area contributed by atoms with E-state index in [1.165, 1.54) is 0 Å². The average Bonchev–Trinajstić information content (AvgIpc) is 2.58. The Bertz CT molecular complexity index is 627. The number of ether oxygens (including phenoxy) is 1. The Morgan fingerprint density at radius 2 is 1.32 bits per heavy atom. The SMILES string of the molecule is O=S(=O)([O-])C(OC1C2CC3CC(C2)CC1C3)C(C(F)(F)F)C(CF)(CF)CF. The van der Waals surface area contributed by atoms with E-state index < -0.39 is 59.2 Å². The molecule has 0 N–H and O–H groups in total. The zero-order valence-electron chi connectivity index (χ0n) is 15.0. The zero-order chi connectivity index (χ0) is 20.9. The van der Waals surface area contributed by atoms with Gasteiger partial charge in [0.2, 0.25) is 0 Å². The minimum Gasteiger partial charge on any atom is -0.746 e. The van der Waals surface area contributed by atoms with E-state index in [4.69, 9.17) is 4.74 Å². The van der Waals surface area contributed by atoms with E-state index >= 15 is 0 Å². The van der Waals surface area contributed by atoms with Crippen molar-refractivity contribution in [2.45, 2.75) is 49.8 Å². The van der Waals surface area contributed by atoms with Gasteiger partial charge in [0, 0.05) is 0 Å². The maximum absolute atomic E-state index is 13.7. The molecule has 4 fully saturated rings. The molecule has 0 aromatic carbocycles. The first kappa shape index (κ1) is 22.1. The third-order valence-corrected chi connectivity index (χ3v) is 7.75. The largest absolute Gasteiger partial charge is 0.746 e. The van der Waals surface area contributed by atoms with E-state index in [0.29, 0.717) is 37.5 Å². The number of hydrogen-bond acceptors (Lipinski definition) is 4. The van der Waals surface area contributed by atoms with Crippen molar-refractivity contribution in [2.75, 3.05) is 20.0 Å². The lowest BCUT2D eigenvalue weighted by Crippen LogP contribution is -2.58. The van der Waals surface area contributed by atoms with E-state index in [1.807, 2.05) is 0 Å². The Morgan fingerprint density at radius 1 is 0.893 bits per heavy atom. The highest BCUT2D eigenvalue weighted by molar-refractivity contribution is 7.86. The van der Waals surface area contributed by atoms with Crippen molar-refractivity contribution in [2.24, 2.45) is 35.0 Å². The standard InChI is InChI=1S/C17H24F6O4S/c18-6-16(7-19,8-20)14(17(21,22)23)15(28(24,25)26)27-13-11-2-9-1-10(4-11)5-12(13)3-9/h9-15H,1-8H2,(H,24,25,26)/p-1. The second-order valence-electron chi connectivity index (χ2n) is 8.68. The van der Waals surface area contributed by atoms with Crippen LogP contribution in [0.2, 0.25) is 0 Å². The third-order valence-electron chi connectivity index (χ3n) is 6.80. The Labute approximate surface area is 159 Å². The molecule has 4 aliphatic carbocycles. The summed E-state index contributed by atoms with van der Waals surface area (Å²) in [6, 6.07) is 0. The Kier molecular flexibility index (Phi) is 6.02. The molecular formula is C17H23F6O4S-. The topological polar surface area (TPSA) is 66.4 Å². The molecule has 164 valence electrons. The first-order chi connectivity index (χ1) is 12.9. The summed E-state index contributed by atoms with van der Waals surface area (Å²) < 4.78 is 122. The molecule has 0 heterocycles. The highest BCUT2D eigenvalue weighted by Crippen LogP contribution is 2.56. The van der Waals surface area contributed by atoms with Gasteiger partial charge in [0.1, 0.15) is 36.1 Å². The van der Waals surface area contributed by atoms with Crippen LogP contribution in [0.5, 0.6) is 0 Å². The molecule has 11 heteroatoms. The summed E-state index contributed by atoms with van der Waals surface area (Å²) in [5.74, 6) is -3.05. The van der Waals surface area contributed by atoms with Crippen molar-refractivity contribution in [3.05, 3.63) is 0 Å². The summed E-state index contributed by atoms with van der Waals surface area (Å²) in [4.78, 5) is 0. The molecule has 0 radical (unpaired) electrons. The molecule has 0 aromatic heterocycles. The van der Waals surface area contributed by atoms with Crippen LogP contribution in [0.4, 0.5) is 26.3 Å². The number of hydrogen-bond donors (Lipinski definition) is 0. The second-order valence-corrected chi connectivity index (χ2v) is 10.1. The van der Waals surface area contributed by atoms with Crippen LogP contribution in [-0.4, -0.2) is 50.7 Å². The smallest absolute Gasteiger partial charge is 0.396 e. The molecule has 2 unspecified atom stereocenters. The summed E-state index contributed by atoms with van der Waals surface area (Å²) in [6.07, 6.45) is -2.83. The van der Waals surface area contributed by atoms with Crippen molar-refractivity contribution in [1.82, 2.24) is 0 Å². The van der Waals surface area contributed by atoms with Gasteiger partial charge in [0.05, 0.1) is 11.5 Å². The van der Waals surface area contributed by atoms with Crippen LogP contribution >= 0.6 is 0 Å². The van der Waals surface area contributed by atoms with Crippen LogP contribution in [0, 0.1) is 35.0 Å². The molecule has 4 aliphatic rings. The minimum atomic E-state index is -5.79. The molecule has 0 saturated heterocycles. The van der Waals surface area contributed by atoms with Crippen LogP contribution in [-0.2, 0) is 14.9 Å². The molecule has 28 heavy (non-hydrogen) atoms. The van der Waals surface area contributed by atoms with Crippen molar-refractivity contribution >= 4 is 10.1 Å². The van der Waals surface area contributed by atoms with Crippen molar-refractivity contribution in [3.8, 4) is 0 Å². The fraction of sp³-hybridized carbons (Fsp3) is 1.00. The Morgan fingerprint density at radius 3 is 1.64 bits per heavy atom. The number of alkyl halides is 6. The van der Waals surface area contributed by atoms with Crippen LogP contribution in [0.15, 0.2) is 0 Å². The van der Waals surface area contributed by atoms with E-state index in [0.717, 1.165) is 6.42 Å². The van der Waals surface area contributed by atoms with E-state index in [-0.39, 0.29) is 11.8 Å². The van der Waals surface area contributed by atoms with Crippen molar-refractivity contribution < 1.29 is 44.0 Å². The van der Waals surface area contributed by atoms with Crippen LogP contribution in [0.3, 0.4) is 0 Å². The van der Waals surface area contributed by atoms with Gasteiger partial charge >= 0.3 is 6.18 Å². The maximum atomic E-state index is 13.7. The summed E-state index contributed by atoms with van der Waals surface area (Å²) in [5.41, 5.74) is -6.41. The van der Waals surface area contributed by atoms with Crippen LogP contribution < -0.4 is 0 Å². The highest BCUT2D eigenvalue weighted by atomic mass is 32.2. The molecule has 4 nitrogen and oxygen atoms in total. The molecule has 4 bridgehead atoms. The quantitative estimate of drug-likeness (QED) is 0.428. The Balaban J connectivity index is 1.96. The molecule has 0 aromatic rings. The lowest BCUT2D eigenvalue weighted by molar-refractivity contribution is -0.253. The van der Waals surface area contributed by atoms with Crippen molar-refractivity contribution in [1.29, 1.82) is 0 Å². The lowest BCUT2D eigenvalue weighted by Gasteiger charge is -2.55. The van der Waals surface area contributed by atoms with Crippen molar-refractivity contribution in [3.63, 3.8) is 0 Å². The van der Waals surface area contributed by atoms with Gasteiger partial charge in [-0.05, 0) is 55.8 Å². The van der Waals surface area contributed by atoms with E-state index in [1.54, 1.807) is 0 Å². The van der Waals surface area contributed by atoms with E-state index in [2.05, 4.69) is 0 Å². The predicted molar refractivity (Wildman–Crippen MR) is 85.3 cm³/mol. The van der Waals surface area contributed by atoms with Crippen LogP contribution in [0.25, 0.3) is 0 Å². The molecule has 4 saturated carbocycles. The number of rotatable bonds is 8. The van der Waals surface area contributed by atoms with Gasteiger partial charge in [-0.15, -0.1) is 0 Å². The summed E-state index contributed by atoms with van der Waals surface area (Å²) >= 11 is 0. The first-order valence-corrected chi connectivity index (χ1v) is 10.8. The van der Waals surface area contributed by atoms with E-state index in [9.17, 15) is 39.3 Å². The van der Waals surface area contributed by atoms with Gasteiger partial charge in [-0.3, -0.25) is 13.2 Å². The third kappa shape index (κ3) is 3.90. The van der Waals surface area contributed by atoms with Gasteiger partial charge in [-0.25, -0.2) is 8.42 Å². The van der Waals surface area contributed by atoms with Gasteiger partial charge < -0.3 is 9.29 Å².